The van der Waals surface area contributed by atoms with Crippen molar-refractivity contribution in [3.8, 4) is 5.75 Å². The van der Waals surface area contributed by atoms with Crippen LogP contribution in [0.1, 0.15) is 25.8 Å². The molecule has 0 aromatic heterocycles. The summed E-state index contributed by atoms with van der Waals surface area (Å²) in [6.45, 7) is 4.06. The minimum absolute atomic E-state index is 0.0802. The first-order valence-corrected chi connectivity index (χ1v) is 6.49. The Morgan fingerprint density at radius 3 is 2.63 bits per heavy atom. The highest BCUT2D eigenvalue weighted by atomic mass is 16.5. The maximum absolute atomic E-state index is 11.7. The van der Waals surface area contributed by atoms with Gasteiger partial charge >= 0.3 is 5.97 Å². The summed E-state index contributed by atoms with van der Waals surface area (Å²) in [6, 6.07) is 11.0. The number of hydrogen-bond acceptors (Lipinski definition) is 3. The van der Waals surface area contributed by atoms with Gasteiger partial charge in [-0.3, -0.25) is 4.79 Å². The predicted molar refractivity (Wildman–Crippen MR) is 74.9 cm³/mol. The van der Waals surface area contributed by atoms with Crippen LogP contribution < -0.4 is 0 Å². The van der Waals surface area contributed by atoms with Crippen molar-refractivity contribution in [1.29, 1.82) is 0 Å². The average Bonchev–Trinajstić information content (AvgIpc) is 2.44. The molecule has 3 nitrogen and oxygen atoms in total. The van der Waals surface area contributed by atoms with Gasteiger partial charge in [-0.25, -0.2) is 0 Å². The molecule has 0 heterocycles. The molecule has 0 fully saturated rings. The number of benzene rings is 2. The maximum atomic E-state index is 11.7. The summed E-state index contributed by atoms with van der Waals surface area (Å²) in [5, 5.41) is 11.5. The average molecular weight is 258 g/mol. The molecule has 0 spiro atoms. The summed E-state index contributed by atoms with van der Waals surface area (Å²) >= 11 is 0. The smallest absolute Gasteiger partial charge is 0.308 e. The van der Waals surface area contributed by atoms with E-state index in [2.05, 4.69) is 0 Å². The molecule has 3 heteroatoms. The van der Waals surface area contributed by atoms with Crippen LogP contribution in [0.4, 0.5) is 0 Å². The lowest BCUT2D eigenvalue weighted by molar-refractivity contribution is -0.149. The summed E-state index contributed by atoms with van der Waals surface area (Å²) in [5.74, 6) is -0.0179. The molecule has 19 heavy (non-hydrogen) atoms. The molecule has 2 rings (SSSR count). The summed E-state index contributed by atoms with van der Waals surface area (Å²) in [4.78, 5) is 11.7. The van der Waals surface area contributed by atoms with Gasteiger partial charge in [0.05, 0.1) is 5.92 Å². The molecule has 0 aliphatic rings. The number of hydrogen-bond donors (Lipinski definition) is 1. The fourth-order valence-corrected chi connectivity index (χ4v) is 1.94. The van der Waals surface area contributed by atoms with Crippen LogP contribution in [0, 0.1) is 5.92 Å². The monoisotopic (exact) mass is 258 g/mol. The standard InChI is InChI=1S/C16H18O3/c1-3-11(2)16(18)19-10-12-6-4-8-14-13(12)7-5-9-15(14)17/h4-9,11,17H,3,10H2,1-2H3. The van der Waals surface area contributed by atoms with Crippen molar-refractivity contribution in [2.75, 3.05) is 0 Å². The summed E-state index contributed by atoms with van der Waals surface area (Å²) < 4.78 is 5.31. The van der Waals surface area contributed by atoms with Gasteiger partial charge < -0.3 is 9.84 Å². The molecule has 100 valence electrons. The minimum Gasteiger partial charge on any atom is -0.507 e. The van der Waals surface area contributed by atoms with Crippen LogP contribution in [0.5, 0.6) is 5.75 Å². The van der Waals surface area contributed by atoms with E-state index >= 15 is 0 Å². The van der Waals surface area contributed by atoms with Crippen molar-refractivity contribution in [2.24, 2.45) is 5.92 Å². The third kappa shape index (κ3) is 2.87. The van der Waals surface area contributed by atoms with Crippen molar-refractivity contribution in [2.45, 2.75) is 26.9 Å². The number of aromatic hydroxyl groups is 1. The molecule has 0 saturated heterocycles. The Balaban J connectivity index is 2.22. The maximum Gasteiger partial charge on any atom is 0.308 e. The molecule has 1 N–H and O–H groups in total. The SMILES string of the molecule is CCC(C)C(=O)OCc1cccc2c(O)cccc12. The molecular weight excluding hydrogens is 240 g/mol. The van der Waals surface area contributed by atoms with E-state index < -0.39 is 0 Å². The normalized spacial score (nSPS) is 12.3. The highest BCUT2D eigenvalue weighted by molar-refractivity contribution is 5.90. The van der Waals surface area contributed by atoms with E-state index in [1.807, 2.05) is 38.1 Å². The number of rotatable bonds is 4. The Morgan fingerprint density at radius 2 is 1.89 bits per heavy atom. The Bertz CT molecular complexity index is 590. The van der Waals surface area contributed by atoms with Crippen LogP contribution in [0.15, 0.2) is 36.4 Å². The van der Waals surface area contributed by atoms with Crippen LogP contribution in [-0.2, 0) is 16.1 Å². The van der Waals surface area contributed by atoms with Crippen molar-refractivity contribution < 1.29 is 14.6 Å². The van der Waals surface area contributed by atoms with Crippen LogP contribution in [0.25, 0.3) is 10.8 Å². The zero-order valence-corrected chi connectivity index (χ0v) is 11.2. The molecule has 0 amide bonds. The van der Waals surface area contributed by atoms with Gasteiger partial charge in [0, 0.05) is 5.39 Å². The molecule has 0 aliphatic carbocycles. The van der Waals surface area contributed by atoms with Gasteiger partial charge in [-0.2, -0.15) is 0 Å². The van der Waals surface area contributed by atoms with E-state index in [-0.39, 0.29) is 24.2 Å². The third-order valence-electron chi connectivity index (χ3n) is 3.37. The molecule has 1 unspecified atom stereocenters. The Hall–Kier alpha value is -2.03. The van der Waals surface area contributed by atoms with Crippen LogP contribution in [-0.4, -0.2) is 11.1 Å². The number of esters is 1. The van der Waals surface area contributed by atoms with Crippen molar-refractivity contribution >= 4 is 16.7 Å². The van der Waals surface area contributed by atoms with Crippen LogP contribution in [0.2, 0.25) is 0 Å². The lowest BCUT2D eigenvalue weighted by Crippen LogP contribution is -2.13. The van der Waals surface area contributed by atoms with Gasteiger partial charge in [0.25, 0.3) is 0 Å². The second-order valence-electron chi connectivity index (χ2n) is 4.71. The Labute approximate surface area is 112 Å². The van der Waals surface area contributed by atoms with Gasteiger partial charge in [0.2, 0.25) is 0 Å². The predicted octanol–water partition coefficient (Wildman–Crippen LogP) is 3.63. The second kappa shape index (κ2) is 5.74. The lowest BCUT2D eigenvalue weighted by Gasteiger charge is -2.11. The molecule has 2 aromatic carbocycles. The first kappa shape index (κ1) is 13.4. The second-order valence-corrected chi connectivity index (χ2v) is 4.71. The zero-order chi connectivity index (χ0) is 13.8. The topological polar surface area (TPSA) is 46.5 Å². The third-order valence-corrected chi connectivity index (χ3v) is 3.37. The molecule has 0 radical (unpaired) electrons. The lowest BCUT2D eigenvalue weighted by atomic mass is 10.0. The van der Waals surface area contributed by atoms with Gasteiger partial charge in [0.1, 0.15) is 12.4 Å². The first-order valence-electron chi connectivity index (χ1n) is 6.49. The van der Waals surface area contributed by atoms with E-state index in [1.54, 1.807) is 12.1 Å². The van der Waals surface area contributed by atoms with Crippen molar-refractivity contribution in [1.82, 2.24) is 0 Å². The van der Waals surface area contributed by atoms with Crippen molar-refractivity contribution in [3.63, 3.8) is 0 Å². The highest BCUT2D eigenvalue weighted by Gasteiger charge is 2.12. The number of ether oxygens (including phenoxy) is 1. The van der Waals surface area contributed by atoms with Gasteiger partial charge in [-0.15, -0.1) is 0 Å². The molecular formula is C16H18O3. The van der Waals surface area contributed by atoms with Crippen molar-refractivity contribution in [3.05, 3.63) is 42.0 Å². The van der Waals surface area contributed by atoms with Gasteiger partial charge in [0.15, 0.2) is 0 Å². The summed E-state index contributed by atoms with van der Waals surface area (Å²) in [6.07, 6.45) is 0.773. The fourth-order valence-electron chi connectivity index (χ4n) is 1.94. The number of carbonyl (C=O) groups is 1. The molecule has 2 aromatic rings. The van der Waals surface area contributed by atoms with Crippen LogP contribution in [0.3, 0.4) is 0 Å². The first-order chi connectivity index (χ1) is 9.13. The van der Waals surface area contributed by atoms with Gasteiger partial charge in [-0.1, -0.05) is 44.2 Å². The van der Waals surface area contributed by atoms with E-state index in [4.69, 9.17) is 4.74 Å². The Kier molecular flexibility index (Phi) is 4.05. The fraction of sp³-hybridized carbons (Fsp3) is 0.312. The number of fused-ring (bicyclic) bond motifs is 1. The van der Waals surface area contributed by atoms with Gasteiger partial charge in [-0.05, 0) is 23.4 Å². The van der Waals surface area contributed by atoms with E-state index in [9.17, 15) is 9.90 Å². The quantitative estimate of drug-likeness (QED) is 0.852. The zero-order valence-electron chi connectivity index (χ0n) is 11.2. The molecule has 0 saturated carbocycles. The number of phenols is 1. The summed E-state index contributed by atoms with van der Waals surface area (Å²) in [5.41, 5.74) is 0.907. The molecule has 0 bridgehead atoms. The number of carbonyl (C=O) groups excluding carboxylic acids is 1. The Morgan fingerprint density at radius 1 is 1.21 bits per heavy atom. The molecule has 0 aliphatic heterocycles. The minimum atomic E-state index is -0.181. The largest absolute Gasteiger partial charge is 0.507 e. The summed E-state index contributed by atoms with van der Waals surface area (Å²) in [7, 11) is 0. The van der Waals surface area contributed by atoms with E-state index in [0.717, 1.165) is 22.8 Å². The number of phenolic OH excluding ortho intramolecular Hbond substituents is 1. The highest BCUT2D eigenvalue weighted by Crippen LogP contribution is 2.27. The van der Waals surface area contributed by atoms with E-state index in [0.29, 0.717) is 0 Å². The molecule has 1 atom stereocenters. The van der Waals surface area contributed by atoms with Crippen LogP contribution >= 0.6 is 0 Å². The van der Waals surface area contributed by atoms with E-state index in [1.165, 1.54) is 0 Å².